The highest BCUT2D eigenvalue weighted by atomic mass is 16.4. The molecule has 0 saturated heterocycles. The monoisotopic (exact) mass is 308 g/mol. The van der Waals surface area contributed by atoms with Crippen molar-refractivity contribution < 1.29 is 14.7 Å². The summed E-state index contributed by atoms with van der Waals surface area (Å²) < 4.78 is 0. The number of carbonyl (C=O) groups excluding carboxylic acids is 1. The maximum Gasteiger partial charge on any atom is 0.335 e. The number of para-hydroxylation sites is 1. The standard InChI is InChI=1S/C18H16N2O3/c1-11-6-7-12(18(22)23)8-16(11)20-17(21)9-13-10-19-15-5-3-2-4-14(13)15/h2-8,10,19H,9H2,1H3,(H,20,21)(H,22,23). The minimum absolute atomic E-state index is 0.151. The number of aromatic carboxylic acids is 1. The molecule has 0 aliphatic rings. The second kappa shape index (κ2) is 5.96. The Morgan fingerprint density at radius 1 is 1.17 bits per heavy atom. The first-order valence-electron chi connectivity index (χ1n) is 7.23. The highest BCUT2D eigenvalue weighted by Crippen LogP contribution is 2.20. The van der Waals surface area contributed by atoms with Crippen LogP contribution >= 0.6 is 0 Å². The van der Waals surface area contributed by atoms with Gasteiger partial charge in [-0.15, -0.1) is 0 Å². The van der Waals surface area contributed by atoms with E-state index in [1.807, 2.05) is 37.4 Å². The summed E-state index contributed by atoms with van der Waals surface area (Å²) in [6.07, 6.45) is 2.05. The van der Waals surface area contributed by atoms with Crippen molar-refractivity contribution in [3.63, 3.8) is 0 Å². The van der Waals surface area contributed by atoms with E-state index in [2.05, 4.69) is 10.3 Å². The predicted octanol–water partition coefficient (Wildman–Crippen LogP) is 3.36. The molecule has 5 heteroatoms. The Balaban J connectivity index is 1.80. The van der Waals surface area contributed by atoms with Crippen LogP contribution in [0.4, 0.5) is 5.69 Å². The number of carboxylic acids is 1. The molecule has 0 aliphatic carbocycles. The van der Waals surface area contributed by atoms with Crippen molar-refractivity contribution in [2.75, 3.05) is 5.32 Å². The number of benzene rings is 2. The molecule has 0 radical (unpaired) electrons. The summed E-state index contributed by atoms with van der Waals surface area (Å²) in [5.74, 6) is -1.20. The number of amides is 1. The Labute approximate surface area is 133 Å². The predicted molar refractivity (Wildman–Crippen MR) is 88.8 cm³/mol. The van der Waals surface area contributed by atoms with Crippen LogP contribution in [0.1, 0.15) is 21.5 Å². The lowest BCUT2D eigenvalue weighted by Crippen LogP contribution is -2.15. The number of carbonyl (C=O) groups is 2. The molecule has 0 fully saturated rings. The van der Waals surface area contributed by atoms with Crippen molar-refractivity contribution in [3.05, 3.63) is 65.4 Å². The van der Waals surface area contributed by atoms with Crippen LogP contribution in [0, 0.1) is 6.92 Å². The van der Waals surface area contributed by atoms with E-state index in [-0.39, 0.29) is 17.9 Å². The number of carboxylic acid groups (broad SMARTS) is 1. The molecule has 3 rings (SSSR count). The van der Waals surface area contributed by atoms with Crippen molar-refractivity contribution in [2.24, 2.45) is 0 Å². The van der Waals surface area contributed by atoms with Gasteiger partial charge >= 0.3 is 5.97 Å². The first-order valence-corrected chi connectivity index (χ1v) is 7.23. The number of aryl methyl sites for hydroxylation is 1. The molecule has 0 aliphatic heterocycles. The molecule has 0 unspecified atom stereocenters. The zero-order chi connectivity index (χ0) is 16.4. The topological polar surface area (TPSA) is 82.2 Å². The molecule has 1 amide bonds. The summed E-state index contributed by atoms with van der Waals surface area (Å²) >= 11 is 0. The van der Waals surface area contributed by atoms with Gasteiger partial charge in [0.15, 0.2) is 0 Å². The van der Waals surface area contributed by atoms with Gasteiger partial charge in [-0.2, -0.15) is 0 Å². The summed E-state index contributed by atoms with van der Waals surface area (Å²) in [4.78, 5) is 26.5. The summed E-state index contributed by atoms with van der Waals surface area (Å²) in [6, 6.07) is 12.5. The first-order chi connectivity index (χ1) is 11.0. The molecule has 0 spiro atoms. The van der Waals surface area contributed by atoms with Gasteiger partial charge in [-0.3, -0.25) is 4.79 Å². The molecule has 3 N–H and O–H groups in total. The quantitative estimate of drug-likeness (QED) is 0.691. The van der Waals surface area contributed by atoms with Crippen LogP contribution in [-0.4, -0.2) is 22.0 Å². The molecular weight excluding hydrogens is 292 g/mol. The first kappa shape index (κ1) is 14.8. The van der Waals surface area contributed by atoms with Crippen LogP contribution in [0.25, 0.3) is 10.9 Å². The van der Waals surface area contributed by atoms with E-state index in [0.717, 1.165) is 22.0 Å². The van der Waals surface area contributed by atoms with E-state index in [0.29, 0.717) is 5.69 Å². The number of anilines is 1. The smallest absolute Gasteiger partial charge is 0.335 e. The van der Waals surface area contributed by atoms with Crippen LogP contribution in [0.5, 0.6) is 0 Å². The molecule has 1 aromatic heterocycles. The van der Waals surface area contributed by atoms with E-state index in [4.69, 9.17) is 5.11 Å². The lowest BCUT2D eigenvalue weighted by Gasteiger charge is -2.09. The average molecular weight is 308 g/mol. The van der Waals surface area contributed by atoms with Crippen LogP contribution in [0.2, 0.25) is 0 Å². The largest absolute Gasteiger partial charge is 0.478 e. The number of nitrogens with one attached hydrogen (secondary N) is 2. The Morgan fingerprint density at radius 2 is 1.96 bits per heavy atom. The zero-order valence-corrected chi connectivity index (χ0v) is 12.6. The molecule has 0 saturated carbocycles. The Kier molecular flexibility index (Phi) is 3.85. The van der Waals surface area contributed by atoms with E-state index >= 15 is 0 Å². The normalized spacial score (nSPS) is 10.7. The number of aromatic amines is 1. The van der Waals surface area contributed by atoms with E-state index < -0.39 is 5.97 Å². The number of aromatic nitrogens is 1. The molecule has 5 nitrogen and oxygen atoms in total. The lowest BCUT2D eigenvalue weighted by molar-refractivity contribution is -0.115. The van der Waals surface area contributed by atoms with E-state index in [1.165, 1.54) is 12.1 Å². The molecule has 0 bridgehead atoms. The van der Waals surface area contributed by atoms with Gasteiger partial charge in [0.2, 0.25) is 5.91 Å². The van der Waals surface area contributed by atoms with Crippen LogP contribution < -0.4 is 5.32 Å². The van der Waals surface area contributed by atoms with Gasteiger partial charge in [0, 0.05) is 22.8 Å². The Hall–Kier alpha value is -3.08. The van der Waals surface area contributed by atoms with Crippen LogP contribution in [0.3, 0.4) is 0 Å². The van der Waals surface area contributed by atoms with Crippen molar-refractivity contribution >= 4 is 28.5 Å². The number of H-pyrrole nitrogens is 1. The molecule has 2 aromatic carbocycles. The Bertz CT molecular complexity index is 896. The van der Waals surface area contributed by atoms with Crippen molar-refractivity contribution in [2.45, 2.75) is 13.3 Å². The SMILES string of the molecule is Cc1ccc(C(=O)O)cc1NC(=O)Cc1c[nH]c2ccccc12. The summed E-state index contributed by atoms with van der Waals surface area (Å²) in [7, 11) is 0. The maximum absolute atomic E-state index is 12.3. The molecule has 1 heterocycles. The highest BCUT2D eigenvalue weighted by Gasteiger charge is 2.11. The van der Waals surface area contributed by atoms with Gasteiger partial charge in [0.1, 0.15) is 0 Å². The van der Waals surface area contributed by atoms with Crippen molar-refractivity contribution in [1.29, 1.82) is 0 Å². The van der Waals surface area contributed by atoms with Crippen molar-refractivity contribution in [3.8, 4) is 0 Å². The van der Waals surface area contributed by atoms with E-state index in [1.54, 1.807) is 6.07 Å². The molecule has 23 heavy (non-hydrogen) atoms. The Morgan fingerprint density at radius 3 is 2.74 bits per heavy atom. The van der Waals surface area contributed by atoms with Gasteiger partial charge in [-0.1, -0.05) is 24.3 Å². The second-order valence-corrected chi connectivity index (χ2v) is 5.42. The molecule has 116 valence electrons. The molecular formula is C18H16N2O3. The van der Waals surface area contributed by atoms with E-state index in [9.17, 15) is 9.59 Å². The fraction of sp³-hybridized carbons (Fsp3) is 0.111. The van der Waals surface area contributed by atoms with Crippen LogP contribution in [-0.2, 0) is 11.2 Å². The summed E-state index contributed by atoms with van der Waals surface area (Å²) in [5, 5.41) is 12.8. The van der Waals surface area contributed by atoms with Gasteiger partial charge in [0.25, 0.3) is 0 Å². The third kappa shape index (κ3) is 3.08. The molecule has 3 aromatic rings. The lowest BCUT2D eigenvalue weighted by atomic mass is 10.1. The average Bonchev–Trinajstić information content (AvgIpc) is 2.92. The fourth-order valence-electron chi connectivity index (χ4n) is 2.53. The third-order valence-electron chi connectivity index (χ3n) is 3.78. The minimum atomic E-state index is -1.02. The van der Waals surface area contributed by atoms with Gasteiger partial charge in [-0.25, -0.2) is 4.79 Å². The zero-order valence-electron chi connectivity index (χ0n) is 12.6. The number of rotatable bonds is 4. The highest BCUT2D eigenvalue weighted by molar-refractivity contribution is 5.97. The van der Waals surface area contributed by atoms with Crippen LogP contribution in [0.15, 0.2) is 48.7 Å². The molecule has 0 atom stereocenters. The van der Waals surface area contributed by atoms with Gasteiger partial charge < -0.3 is 15.4 Å². The van der Waals surface area contributed by atoms with Gasteiger partial charge in [0.05, 0.1) is 12.0 Å². The minimum Gasteiger partial charge on any atom is -0.478 e. The summed E-state index contributed by atoms with van der Waals surface area (Å²) in [5.41, 5.74) is 3.39. The second-order valence-electron chi connectivity index (χ2n) is 5.42. The van der Waals surface area contributed by atoms with Gasteiger partial charge in [-0.05, 0) is 36.2 Å². The fourth-order valence-corrected chi connectivity index (χ4v) is 2.53. The number of hydrogen-bond acceptors (Lipinski definition) is 2. The number of hydrogen-bond donors (Lipinski definition) is 3. The maximum atomic E-state index is 12.3. The summed E-state index contributed by atoms with van der Waals surface area (Å²) in [6.45, 7) is 1.83. The third-order valence-corrected chi connectivity index (χ3v) is 3.78. The van der Waals surface area contributed by atoms with Crippen molar-refractivity contribution in [1.82, 2.24) is 4.98 Å². The number of fused-ring (bicyclic) bond motifs is 1.